The molecule has 186 valence electrons. The van der Waals surface area contributed by atoms with E-state index in [0.29, 0.717) is 5.75 Å². The Kier molecular flexibility index (Phi) is 7.85. The summed E-state index contributed by atoms with van der Waals surface area (Å²) in [5.74, 6) is -0.493. The molecular formula is C27H31FN2O4S. The van der Waals surface area contributed by atoms with Crippen molar-refractivity contribution in [3.8, 4) is 5.75 Å². The van der Waals surface area contributed by atoms with E-state index in [9.17, 15) is 17.6 Å². The molecule has 0 heterocycles. The molecule has 6 nitrogen and oxygen atoms in total. The minimum atomic E-state index is -4.11. The minimum absolute atomic E-state index is 0.0104. The summed E-state index contributed by atoms with van der Waals surface area (Å²) in [6.45, 7) is 7.75. The van der Waals surface area contributed by atoms with E-state index in [0.717, 1.165) is 22.0 Å². The fraction of sp³-hybridized carbons (Fsp3) is 0.296. The van der Waals surface area contributed by atoms with Gasteiger partial charge in [0.25, 0.3) is 10.0 Å². The average molecular weight is 499 g/mol. The highest BCUT2D eigenvalue weighted by molar-refractivity contribution is 7.92. The van der Waals surface area contributed by atoms with Gasteiger partial charge in [0.05, 0.1) is 23.7 Å². The fourth-order valence-corrected chi connectivity index (χ4v) is 4.99. The Morgan fingerprint density at radius 3 is 2.06 bits per heavy atom. The number of carbonyl (C=O) groups excluding carboxylic acids is 1. The molecule has 1 atom stereocenters. The number of rotatable bonds is 8. The first-order valence-electron chi connectivity index (χ1n) is 11.2. The van der Waals surface area contributed by atoms with Crippen LogP contribution in [0.25, 0.3) is 0 Å². The van der Waals surface area contributed by atoms with E-state index in [2.05, 4.69) is 26.1 Å². The second-order valence-electron chi connectivity index (χ2n) is 9.32. The standard InChI is InChI=1S/C27H31FN2O4S/c1-19(20-6-8-21(9-7-20)27(2,3)4)29-26(31)18-30(23-12-10-22(28)11-13-23)35(32,33)25-16-14-24(34-5)15-17-25/h6-17,19H,18H2,1-5H3,(H,29,31). The van der Waals surface area contributed by atoms with Gasteiger partial charge < -0.3 is 10.1 Å². The molecule has 0 aliphatic rings. The van der Waals surface area contributed by atoms with Crippen molar-refractivity contribution >= 4 is 21.6 Å². The topological polar surface area (TPSA) is 75.7 Å². The van der Waals surface area contributed by atoms with Crippen LogP contribution in [0.2, 0.25) is 0 Å². The highest BCUT2D eigenvalue weighted by Gasteiger charge is 2.28. The number of nitrogens with zero attached hydrogens (tertiary/aromatic N) is 1. The zero-order valence-corrected chi connectivity index (χ0v) is 21.4. The summed E-state index contributed by atoms with van der Waals surface area (Å²) in [4.78, 5) is 13.0. The fourth-order valence-electron chi connectivity index (χ4n) is 3.57. The van der Waals surface area contributed by atoms with Crippen molar-refractivity contribution < 1.29 is 22.3 Å². The number of hydrogen-bond donors (Lipinski definition) is 1. The molecule has 3 rings (SSSR count). The summed E-state index contributed by atoms with van der Waals surface area (Å²) in [6.07, 6.45) is 0. The van der Waals surface area contributed by atoms with Crippen LogP contribution in [0.1, 0.15) is 44.9 Å². The third-order valence-electron chi connectivity index (χ3n) is 5.70. The predicted molar refractivity (Wildman–Crippen MR) is 136 cm³/mol. The Morgan fingerprint density at radius 2 is 1.54 bits per heavy atom. The maximum absolute atomic E-state index is 13.5. The number of halogens is 1. The number of sulfonamides is 1. The Labute approximate surface area is 206 Å². The van der Waals surface area contributed by atoms with Crippen LogP contribution >= 0.6 is 0 Å². The van der Waals surface area contributed by atoms with Crippen LogP contribution in [0.5, 0.6) is 5.75 Å². The zero-order valence-electron chi connectivity index (χ0n) is 20.6. The number of methoxy groups -OCH3 is 1. The molecule has 0 saturated carbocycles. The molecule has 1 N–H and O–H groups in total. The molecule has 0 spiro atoms. The van der Waals surface area contributed by atoms with Crippen LogP contribution < -0.4 is 14.4 Å². The molecule has 35 heavy (non-hydrogen) atoms. The molecule has 0 fully saturated rings. The molecule has 0 radical (unpaired) electrons. The van der Waals surface area contributed by atoms with Gasteiger partial charge in [0, 0.05) is 0 Å². The van der Waals surface area contributed by atoms with E-state index in [1.54, 1.807) is 0 Å². The summed E-state index contributed by atoms with van der Waals surface area (Å²) >= 11 is 0. The number of carbonyl (C=O) groups is 1. The zero-order chi connectivity index (χ0) is 25.8. The van der Waals surface area contributed by atoms with Gasteiger partial charge in [-0.2, -0.15) is 0 Å². The van der Waals surface area contributed by atoms with E-state index < -0.39 is 28.3 Å². The Bertz CT molecular complexity index is 1250. The van der Waals surface area contributed by atoms with E-state index in [1.165, 1.54) is 49.1 Å². The quantitative estimate of drug-likeness (QED) is 0.463. The van der Waals surface area contributed by atoms with Gasteiger partial charge in [-0.15, -0.1) is 0 Å². The maximum atomic E-state index is 13.5. The molecule has 8 heteroatoms. The van der Waals surface area contributed by atoms with Crippen LogP contribution in [-0.4, -0.2) is 28.0 Å². The van der Waals surface area contributed by atoms with Crippen molar-refractivity contribution in [3.05, 3.63) is 89.7 Å². The Morgan fingerprint density at radius 1 is 0.971 bits per heavy atom. The van der Waals surface area contributed by atoms with Crippen LogP contribution in [0, 0.1) is 5.82 Å². The van der Waals surface area contributed by atoms with Gasteiger partial charge >= 0.3 is 0 Å². The number of anilines is 1. The lowest BCUT2D eigenvalue weighted by atomic mass is 9.86. The number of nitrogens with one attached hydrogen (secondary N) is 1. The number of benzene rings is 3. The van der Waals surface area contributed by atoms with Gasteiger partial charge in [-0.3, -0.25) is 9.10 Å². The second kappa shape index (κ2) is 10.5. The molecule has 0 aromatic heterocycles. The summed E-state index contributed by atoms with van der Waals surface area (Å²) in [5, 5.41) is 2.87. The van der Waals surface area contributed by atoms with E-state index >= 15 is 0 Å². The minimum Gasteiger partial charge on any atom is -0.497 e. The lowest BCUT2D eigenvalue weighted by molar-refractivity contribution is -0.120. The van der Waals surface area contributed by atoms with Crippen molar-refractivity contribution in [2.24, 2.45) is 0 Å². The molecular weight excluding hydrogens is 467 g/mol. The van der Waals surface area contributed by atoms with Gasteiger partial charge in [0.1, 0.15) is 18.1 Å². The van der Waals surface area contributed by atoms with E-state index in [-0.39, 0.29) is 22.0 Å². The Hall–Kier alpha value is -3.39. The van der Waals surface area contributed by atoms with Crippen LogP contribution in [0.3, 0.4) is 0 Å². The van der Waals surface area contributed by atoms with Gasteiger partial charge in [-0.1, -0.05) is 45.0 Å². The first kappa shape index (κ1) is 26.2. The van der Waals surface area contributed by atoms with E-state index in [1.807, 2.05) is 31.2 Å². The van der Waals surface area contributed by atoms with Crippen LogP contribution in [-0.2, 0) is 20.2 Å². The molecule has 1 amide bonds. The highest BCUT2D eigenvalue weighted by Crippen LogP contribution is 2.26. The third kappa shape index (κ3) is 6.39. The van der Waals surface area contributed by atoms with Crippen molar-refractivity contribution in [3.63, 3.8) is 0 Å². The predicted octanol–water partition coefficient (Wildman–Crippen LogP) is 5.20. The van der Waals surface area contributed by atoms with Gasteiger partial charge in [-0.25, -0.2) is 12.8 Å². The molecule has 3 aromatic carbocycles. The van der Waals surface area contributed by atoms with Gasteiger partial charge in [0.2, 0.25) is 5.91 Å². The second-order valence-corrected chi connectivity index (χ2v) is 11.2. The van der Waals surface area contributed by atoms with Gasteiger partial charge in [-0.05, 0) is 72.0 Å². The van der Waals surface area contributed by atoms with Crippen LogP contribution in [0.15, 0.2) is 77.7 Å². The first-order chi connectivity index (χ1) is 16.4. The number of hydrogen-bond acceptors (Lipinski definition) is 4. The maximum Gasteiger partial charge on any atom is 0.264 e. The first-order valence-corrected chi connectivity index (χ1v) is 12.7. The SMILES string of the molecule is COc1ccc(S(=O)(=O)N(CC(=O)NC(C)c2ccc(C(C)(C)C)cc2)c2ccc(F)cc2)cc1. The number of ether oxygens (including phenoxy) is 1. The lowest BCUT2D eigenvalue weighted by Crippen LogP contribution is -2.41. The number of amides is 1. The molecule has 0 aliphatic carbocycles. The molecule has 1 unspecified atom stereocenters. The normalized spacial score (nSPS) is 12.6. The van der Waals surface area contributed by atoms with E-state index in [4.69, 9.17) is 4.74 Å². The summed E-state index contributed by atoms with van der Waals surface area (Å²) < 4.78 is 46.5. The molecule has 3 aromatic rings. The smallest absolute Gasteiger partial charge is 0.264 e. The molecule has 0 aliphatic heterocycles. The average Bonchev–Trinajstić information content (AvgIpc) is 2.82. The summed E-state index contributed by atoms with van der Waals surface area (Å²) in [5.41, 5.74) is 2.27. The van der Waals surface area contributed by atoms with Crippen molar-refractivity contribution in [1.29, 1.82) is 0 Å². The largest absolute Gasteiger partial charge is 0.497 e. The van der Waals surface area contributed by atoms with Crippen LogP contribution in [0.4, 0.5) is 10.1 Å². The summed E-state index contributed by atoms with van der Waals surface area (Å²) in [7, 11) is -2.63. The van der Waals surface area contributed by atoms with Crippen molar-refractivity contribution in [2.45, 2.75) is 44.0 Å². The monoisotopic (exact) mass is 498 g/mol. The summed E-state index contributed by atoms with van der Waals surface area (Å²) in [6, 6.07) is 18.5. The third-order valence-corrected chi connectivity index (χ3v) is 7.49. The molecule has 0 bridgehead atoms. The lowest BCUT2D eigenvalue weighted by Gasteiger charge is -2.25. The highest BCUT2D eigenvalue weighted by atomic mass is 32.2. The van der Waals surface area contributed by atoms with Gasteiger partial charge in [0.15, 0.2) is 0 Å². The molecule has 0 saturated heterocycles. The van der Waals surface area contributed by atoms with Crippen molar-refractivity contribution in [2.75, 3.05) is 18.0 Å². The Balaban J connectivity index is 1.84. The van der Waals surface area contributed by atoms with Crippen molar-refractivity contribution in [1.82, 2.24) is 5.32 Å².